The highest BCUT2D eigenvalue weighted by atomic mass is 16.4. The van der Waals surface area contributed by atoms with E-state index in [0.717, 1.165) is 18.9 Å². The van der Waals surface area contributed by atoms with Crippen molar-refractivity contribution in [3.05, 3.63) is 24.8 Å². The molecule has 100 valence electrons. The van der Waals surface area contributed by atoms with Crippen LogP contribution in [-0.2, 0) is 9.59 Å². The smallest absolute Gasteiger partial charge is 0.330 e. The van der Waals surface area contributed by atoms with E-state index in [1.54, 1.807) is 0 Å². The lowest BCUT2D eigenvalue weighted by Crippen LogP contribution is -1.92. The second-order valence-corrected chi connectivity index (χ2v) is 2.78. The molecule has 0 aromatic carbocycles. The number of carbonyl (C=O) groups is 2. The van der Waals surface area contributed by atoms with Crippen molar-refractivity contribution in [3.8, 4) is 0 Å². The molecule has 0 unspecified atom stereocenters. The number of unbranched alkanes of at least 4 members (excludes halogenated alkanes) is 1. The monoisotopic (exact) mass is 248 g/mol. The van der Waals surface area contributed by atoms with Gasteiger partial charge in [0.2, 0.25) is 0 Å². The highest BCUT2D eigenvalue weighted by Crippen LogP contribution is 1.81. The Hall–Kier alpha value is -1.66. The maximum absolute atomic E-state index is 9.60. The molecule has 17 heavy (non-hydrogen) atoms. The van der Waals surface area contributed by atoms with Gasteiger partial charge in [0.25, 0.3) is 0 Å². The van der Waals surface area contributed by atoms with Gasteiger partial charge in [-0.3, -0.25) is 0 Å². The molecule has 0 aliphatic carbocycles. The lowest BCUT2D eigenvalue weighted by atomic mass is 10.3. The Balaban J connectivity index is -0.000000174. The minimum atomic E-state index is -0.981. The number of hydrogen-bond donors (Lipinski definition) is 4. The molecule has 0 atom stereocenters. The average molecular weight is 248 g/mol. The van der Waals surface area contributed by atoms with Gasteiger partial charge in [-0.15, -0.1) is 0 Å². The molecule has 0 aromatic heterocycles. The molecule has 0 saturated heterocycles. The van der Waals surface area contributed by atoms with E-state index >= 15 is 0 Å². The van der Waals surface area contributed by atoms with Crippen LogP contribution in [0.3, 0.4) is 0 Å². The summed E-state index contributed by atoms with van der Waals surface area (Å²) >= 11 is 0. The molecule has 0 fully saturated rings. The molecule has 0 bridgehead atoms. The van der Waals surface area contributed by atoms with Crippen LogP contribution in [0.25, 0.3) is 0 Å². The van der Waals surface area contributed by atoms with Gasteiger partial charge in [0.15, 0.2) is 0 Å². The molecule has 0 saturated carbocycles. The quantitative estimate of drug-likeness (QED) is 0.419. The number of carboxylic acids is 2. The molecule has 4 N–H and O–H groups in total. The predicted octanol–water partition coefficient (Wildman–Crippen LogP) is 0.655. The van der Waals surface area contributed by atoms with E-state index in [1.807, 2.05) is 0 Å². The topological polar surface area (TPSA) is 115 Å². The lowest BCUT2D eigenvalue weighted by molar-refractivity contribution is -0.133. The van der Waals surface area contributed by atoms with Crippen LogP contribution < -0.4 is 0 Å². The van der Waals surface area contributed by atoms with Crippen molar-refractivity contribution < 1.29 is 30.0 Å². The van der Waals surface area contributed by atoms with Crippen molar-refractivity contribution in [1.82, 2.24) is 0 Å². The first-order valence-electron chi connectivity index (χ1n) is 4.79. The normalized spacial score (nSPS) is 7.71. The number of aliphatic carboxylic acids is 2. The van der Waals surface area contributed by atoms with Crippen molar-refractivity contribution in [2.75, 3.05) is 13.2 Å². The van der Waals surface area contributed by atoms with E-state index in [-0.39, 0.29) is 18.8 Å². The Morgan fingerprint density at radius 1 is 1.12 bits per heavy atom. The van der Waals surface area contributed by atoms with E-state index in [4.69, 9.17) is 20.4 Å². The summed E-state index contributed by atoms with van der Waals surface area (Å²) in [6, 6.07) is 0. The molecule has 0 radical (unpaired) electrons. The van der Waals surface area contributed by atoms with Gasteiger partial charge in [0, 0.05) is 24.9 Å². The molecule has 0 amide bonds. The highest BCUT2D eigenvalue weighted by Gasteiger charge is 1.90. The summed E-state index contributed by atoms with van der Waals surface area (Å²) in [5.41, 5.74) is 0.176. The van der Waals surface area contributed by atoms with Gasteiger partial charge < -0.3 is 20.4 Å². The summed E-state index contributed by atoms with van der Waals surface area (Å²) in [5, 5.41) is 31.7. The minimum Gasteiger partial charge on any atom is -0.478 e. The third-order valence-corrected chi connectivity index (χ3v) is 1.11. The van der Waals surface area contributed by atoms with E-state index in [2.05, 4.69) is 13.2 Å². The zero-order chi connectivity index (χ0) is 14.3. The van der Waals surface area contributed by atoms with Gasteiger partial charge in [-0.2, -0.15) is 0 Å². The van der Waals surface area contributed by atoms with Gasteiger partial charge in [0.05, 0.1) is 0 Å². The van der Waals surface area contributed by atoms with Crippen LogP contribution in [0, 0.1) is 0 Å². The van der Waals surface area contributed by atoms with Gasteiger partial charge in [-0.05, 0) is 19.8 Å². The van der Waals surface area contributed by atoms with Crippen molar-refractivity contribution in [3.63, 3.8) is 0 Å². The van der Waals surface area contributed by atoms with Crippen LogP contribution >= 0.6 is 0 Å². The highest BCUT2D eigenvalue weighted by molar-refractivity contribution is 5.84. The SMILES string of the molecule is C=C(C)C(=O)O.C=CC(=O)O.OCCCCO. The number of aliphatic hydroxyl groups excluding tert-OH is 2. The summed E-state index contributed by atoms with van der Waals surface area (Å²) < 4.78 is 0. The van der Waals surface area contributed by atoms with Crippen molar-refractivity contribution in [1.29, 1.82) is 0 Å². The minimum absolute atomic E-state index is 0.176. The molecule has 0 rings (SSSR count). The molecular weight excluding hydrogens is 228 g/mol. The Morgan fingerprint density at radius 3 is 1.41 bits per heavy atom. The Kier molecular flexibility index (Phi) is 20.4. The van der Waals surface area contributed by atoms with Crippen molar-refractivity contribution in [2.24, 2.45) is 0 Å². The number of hydrogen-bond acceptors (Lipinski definition) is 4. The predicted molar refractivity (Wildman–Crippen MR) is 63.7 cm³/mol. The average Bonchev–Trinajstić information content (AvgIpc) is 2.27. The van der Waals surface area contributed by atoms with Crippen LogP contribution in [0.4, 0.5) is 0 Å². The molecule has 6 heteroatoms. The van der Waals surface area contributed by atoms with E-state index in [9.17, 15) is 9.59 Å². The summed E-state index contributed by atoms with van der Waals surface area (Å²) in [7, 11) is 0. The fourth-order valence-electron chi connectivity index (χ4n) is 0.224. The summed E-state index contributed by atoms with van der Waals surface area (Å²) in [5.74, 6) is -1.92. The maximum atomic E-state index is 9.60. The first-order valence-corrected chi connectivity index (χ1v) is 4.79. The van der Waals surface area contributed by atoms with Gasteiger partial charge in [0.1, 0.15) is 0 Å². The fraction of sp³-hybridized carbons (Fsp3) is 0.455. The van der Waals surface area contributed by atoms with E-state index < -0.39 is 11.9 Å². The van der Waals surface area contributed by atoms with Crippen LogP contribution in [0.15, 0.2) is 24.8 Å². The second-order valence-electron chi connectivity index (χ2n) is 2.78. The van der Waals surface area contributed by atoms with E-state index in [0.29, 0.717) is 0 Å². The Morgan fingerprint density at radius 2 is 1.35 bits per heavy atom. The third-order valence-electron chi connectivity index (χ3n) is 1.11. The Bertz CT molecular complexity index is 218. The van der Waals surface area contributed by atoms with Crippen molar-refractivity contribution >= 4 is 11.9 Å². The summed E-state index contributed by atoms with van der Waals surface area (Å²) in [4.78, 5) is 18.8. The fourth-order valence-corrected chi connectivity index (χ4v) is 0.224. The molecule has 6 nitrogen and oxygen atoms in total. The Labute approximate surface area is 101 Å². The van der Waals surface area contributed by atoms with Crippen molar-refractivity contribution in [2.45, 2.75) is 19.8 Å². The molecule has 0 aliphatic heterocycles. The molecule has 0 heterocycles. The van der Waals surface area contributed by atoms with Gasteiger partial charge >= 0.3 is 11.9 Å². The third kappa shape index (κ3) is 40.5. The largest absolute Gasteiger partial charge is 0.478 e. The van der Waals surface area contributed by atoms with Crippen LogP contribution in [0.2, 0.25) is 0 Å². The number of carboxylic acid groups (broad SMARTS) is 2. The van der Waals surface area contributed by atoms with Gasteiger partial charge in [-0.25, -0.2) is 9.59 Å². The standard InChI is InChI=1S/C4H6O2.C4H10O2.C3H4O2/c1-3(2)4(5)6;5-3-1-2-4-6;1-2-3(4)5/h1H2,2H3,(H,5,6);5-6H,1-4H2;2H,1H2,(H,4,5). The lowest BCUT2D eigenvalue weighted by Gasteiger charge is -1.85. The molecular formula is C11H20O6. The summed E-state index contributed by atoms with van der Waals surface area (Å²) in [6.07, 6.45) is 2.27. The number of aliphatic hydroxyl groups is 2. The number of rotatable bonds is 5. The van der Waals surface area contributed by atoms with Crippen LogP contribution in [-0.4, -0.2) is 45.6 Å². The maximum Gasteiger partial charge on any atom is 0.330 e. The summed E-state index contributed by atoms with van der Waals surface area (Å²) in [6.45, 7) is 7.95. The second kappa shape index (κ2) is 16.8. The van der Waals surface area contributed by atoms with Crippen LogP contribution in [0.5, 0.6) is 0 Å². The molecule has 0 aliphatic rings. The van der Waals surface area contributed by atoms with Gasteiger partial charge in [-0.1, -0.05) is 13.2 Å². The zero-order valence-electron chi connectivity index (χ0n) is 9.93. The first kappa shape index (κ1) is 20.7. The molecule has 0 aromatic rings. The van der Waals surface area contributed by atoms with E-state index in [1.165, 1.54) is 6.92 Å². The zero-order valence-corrected chi connectivity index (χ0v) is 9.93. The first-order chi connectivity index (χ1) is 7.83. The van der Waals surface area contributed by atoms with Crippen LogP contribution in [0.1, 0.15) is 19.8 Å². The molecule has 0 spiro atoms.